The van der Waals surface area contributed by atoms with Gasteiger partial charge in [0, 0.05) is 50.7 Å². The van der Waals surface area contributed by atoms with Crippen LogP contribution >= 0.6 is 11.6 Å². The van der Waals surface area contributed by atoms with Crippen molar-refractivity contribution in [3.8, 4) is 0 Å². The molecule has 1 aliphatic rings. The lowest BCUT2D eigenvalue weighted by molar-refractivity contribution is -0.132. The van der Waals surface area contributed by atoms with Gasteiger partial charge in [-0.05, 0) is 31.8 Å². The second kappa shape index (κ2) is 8.89. The number of rotatable bonds is 5. The zero-order chi connectivity index (χ0) is 17.5. The van der Waals surface area contributed by atoms with Gasteiger partial charge in [-0.15, -0.1) is 0 Å². The smallest absolute Gasteiger partial charge is 0.317 e. The highest BCUT2D eigenvalue weighted by Crippen LogP contribution is 2.10. The van der Waals surface area contributed by atoms with Crippen molar-refractivity contribution in [1.29, 1.82) is 0 Å². The van der Waals surface area contributed by atoms with Gasteiger partial charge in [0.1, 0.15) is 0 Å². The van der Waals surface area contributed by atoms with Crippen LogP contribution < -0.4 is 5.32 Å². The molecule has 0 atom stereocenters. The number of nitrogens with one attached hydrogen (secondary N) is 1. The minimum absolute atomic E-state index is 0.102. The Labute approximate surface area is 148 Å². The first-order chi connectivity index (χ1) is 11.5. The lowest BCUT2D eigenvalue weighted by Gasteiger charge is -2.35. The third-order valence-electron chi connectivity index (χ3n) is 4.03. The highest BCUT2D eigenvalue weighted by molar-refractivity contribution is 6.30. The number of urea groups is 1. The highest BCUT2D eigenvalue weighted by atomic mass is 35.5. The van der Waals surface area contributed by atoms with E-state index in [0.29, 0.717) is 44.2 Å². The largest absolute Gasteiger partial charge is 0.339 e. The SMILES string of the molecule is CN(C)CCC(=O)N1CCN(C(=O)NCc2cccc(Cl)c2)CC1. The summed E-state index contributed by atoms with van der Waals surface area (Å²) in [4.78, 5) is 29.9. The van der Waals surface area contributed by atoms with Gasteiger partial charge in [0.05, 0.1) is 0 Å². The van der Waals surface area contributed by atoms with Crippen molar-refractivity contribution in [2.45, 2.75) is 13.0 Å². The van der Waals surface area contributed by atoms with Crippen LogP contribution in [0.15, 0.2) is 24.3 Å². The van der Waals surface area contributed by atoms with E-state index in [1.54, 1.807) is 11.0 Å². The monoisotopic (exact) mass is 352 g/mol. The summed E-state index contributed by atoms with van der Waals surface area (Å²) in [7, 11) is 3.91. The number of carbonyl (C=O) groups is 2. The number of nitrogens with zero attached hydrogens (tertiary/aromatic N) is 3. The Kier molecular flexibility index (Phi) is 6.87. The van der Waals surface area contributed by atoms with E-state index < -0.39 is 0 Å². The van der Waals surface area contributed by atoms with E-state index >= 15 is 0 Å². The van der Waals surface area contributed by atoms with E-state index in [9.17, 15) is 9.59 Å². The van der Waals surface area contributed by atoms with Crippen molar-refractivity contribution in [2.24, 2.45) is 0 Å². The van der Waals surface area contributed by atoms with Gasteiger partial charge < -0.3 is 20.0 Å². The third kappa shape index (κ3) is 5.69. The highest BCUT2D eigenvalue weighted by Gasteiger charge is 2.23. The molecule has 1 saturated heterocycles. The lowest BCUT2D eigenvalue weighted by Crippen LogP contribution is -2.53. The Balaban J connectivity index is 1.73. The maximum atomic E-state index is 12.2. The van der Waals surface area contributed by atoms with Crippen molar-refractivity contribution in [3.05, 3.63) is 34.9 Å². The maximum Gasteiger partial charge on any atom is 0.317 e. The molecule has 2 rings (SSSR count). The van der Waals surface area contributed by atoms with E-state index in [-0.39, 0.29) is 11.9 Å². The van der Waals surface area contributed by atoms with E-state index in [4.69, 9.17) is 11.6 Å². The first-order valence-electron chi connectivity index (χ1n) is 8.15. The Morgan fingerprint density at radius 1 is 1.17 bits per heavy atom. The fourth-order valence-electron chi connectivity index (χ4n) is 2.57. The molecule has 0 saturated carbocycles. The molecule has 1 aromatic carbocycles. The summed E-state index contributed by atoms with van der Waals surface area (Å²) >= 11 is 5.94. The van der Waals surface area contributed by atoms with Gasteiger partial charge in [0.25, 0.3) is 0 Å². The van der Waals surface area contributed by atoms with Crippen LogP contribution in [0.25, 0.3) is 0 Å². The van der Waals surface area contributed by atoms with Crippen molar-refractivity contribution in [3.63, 3.8) is 0 Å². The number of hydrogen-bond acceptors (Lipinski definition) is 3. The quantitative estimate of drug-likeness (QED) is 0.876. The molecule has 7 heteroatoms. The second-order valence-electron chi connectivity index (χ2n) is 6.21. The number of halogens is 1. The Hall–Kier alpha value is -1.79. The second-order valence-corrected chi connectivity index (χ2v) is 6.65. The summed E-state index contributed by atoms with van der Waals surface area (Å²) < 4.78 is 0. The van der Waals surface area contributed by atoms with Gasteiger partial charge in [-0.1, -0.05) is 23.7 Å². The number of carbonyl (C=O) groups excluding carboxylic acids is 2. The molecule has 0 bridgehead atoms. The van der Waals surface area contributed by atoms with E-state index in [2.05, 4.69) is 5.32 Å². The summed E-state index contributed by atoms with van der Waals surface area (Å²) in [5.41, 5.74) is 0.966. The standard InChI is InChI=1S/C17H25ClN4O2/c1-20(2)7-6-16(23)21-8-10-22(11-9-21)17(24)19-13-14-4-3-5-15(18)12-14/h3-5,12H,6-11,13H2,1-2H3,(H,19,24). The van der Waals surface area contributed by atoms with Gasteiger partial charge in [0.15, 0.2) is 0 Å². The molecule has 0 spiro atoms. The van der Waals surface area contributed by atoms with Crippen LogP contribution in [0, 0.1) is 0 Å². The molecule has 1 heterocycles. The normalized spacial score (nSPS) is 14.8. The molecule has 1 N–H and O–H groups in total. The van der Waals surface area contributed by atoms with Crippen molar-refractivity contribution in [1.82, 2.24) is 20.0 Å². The summed E-state index contributed by atoms with van der Waals surface area (Å²) in [5.74, 6) is 0.155. The zero-order valence-corrected chi connectivity index (χ0v) is 15.1. The van der Waals surface area contributed by atoms with Crippen LogP contribution in [-0.4, -0.2) is 73.5 Å². The first kappa shape index (κ1) is 18.5. The van der Waals surface area contributed by atoms with Crippen LogP contribution in [0.1, 0.15) is 12.0 Å². The van der Waals surface area contributed by atoms with Crippen LogP contribution in [0.2, 0.25) is 5.02 Å². The predicted octanol–water partition coefficient (Wildman–Crippen LogP) is 1.65. The number of benzene rings is 1. The topological polar surface area (TPSA) is 55.9 Å². The third-order valence-corrected chi connectivity index (χ3v) is 4.26. The lowest BCUT2D eigenvalue weighted by atomic mass is 10.2. The van der Waals surface area contributed by atoms with Crippen molar-refractivity contribution in [2.75, 3.05) is 46.8 Å². The predicted molar refractivity (Wildman–Crippen MR) is 95.0 cm³/mol. The molecular weight excluding hydrogens is 328 g/mol. The average Bonchev–Trinajstić information content (AvgIpc) is 2.57. The number of piperazine rings is 1. The van der Waals surface area contributed by atoms with E-state index in [0.717, 1.165) is 12.1 Å². The molecule has 0 radical (unpaired) electrons. The van der Waals surface area contributed by atoms with Crippen LogP contribution in [-0.2, 0) is 11.3 Å². The summed E-state index contributed by atoms with van der Waals surface area (Å²) in [6, 6.07) is 7.33. The van der Waals surface area contributed by atoms with Crippen molar-refractivity contribution < 1.29 is 9.59 Å². The minimum atomic E-state index is -0.102. The summed E-state index contributed by atoms with van der Waals surface area (Å²) in [6.45, 7) is 3.51. The molecule has 3 amide bonds. The molecule has 1 fully saturated rings. The van der Waals surface area contributed by atoms with Crippen LogP contribution in [0.3, 0.4) is 0 Å². The molecule has 132 valence electrons. The Morgan fingerprint density at radius 2 is 1.83 bits per heavy atom. The molecule has 6 nitrogen and oxygen atoms in total. The molecule has 24 heavy (non-hydrogen) atoms. The van der Waals surface area contributed by atoms with Crippen molar-refractivity contribution >= 4 is 23.5 Å². The maximum absolute atomic E-state index is 12.2. The Bertz CT molecular complexity index is 571. The number of hydrogen-bond donors (Lipinski definition) is 1. The summed E-state index contributed by atoms with van der Waals surface area (Å²) in [6.07, 6.45) is 0.522. The van der Waals surface area contributed by atoms with Gasteiger partial charge in [0.2, 0.25) is 5.91 Å². The molecule has 0 aliphatic carbocycles. The fraction of sp³-hybridized carbons (Fsp3) is 0.529. The van der Waals surface area contributed by atoms with Gasteiger partial charge in [-0.25, -0.2) is 4.79 Å². The van der Waals surface area contributed by atoms with Gasteiger partial charge in [-0.2, -0.15) is 0 Å². The molecular formula is C17H25ClN4O2. The zero-order valence-electron chi connectivity index (χ0n) is 14.3. The summed E-state index contributed by atoms with van der Waals surface area (Å²) in [5, 5.41) is 3.56. The van der Waals surface area contributed by atoms with Gasteiger partial charge in [-0.3, -0.25) is 4.79 Å². The average molecular weight is 353 g/mol. The molecule has 1 aliphatic heterocycles. The molecule has 1 aromatic rings. The van der Waals surface area contributed by atoms with E-state index in [1.807, 2.05) is 42.1 Å². The van der Waals surface area contributed by atoms with Crippen LogP contribution in [0.4, 0.5) is 4.79 Å². The van der Waals surface area contributed by atoms with Crippen LogP contribution in [0.5, 0.6) is 0 Å². The molecule has 0 unspecified atom stereocenters. The Morgan fingerprint density at radius 3 is 2.46 bits per heavy atom. The fourth-order valence-corrected chi connectivity index (χ4v) is 2.79. The van der Waals surface area contributed by atoms with Gasteiger partial charge >= 0.3 is 6.03 Å². The first-order valence-corrected chi connectivity index (χ1v) is 8.53. The molecule has 0 aromatic heterocycles. The minimum Gasteiger partial charge on any atom is -0.339 e. The number of amides is 3. The van der Waals surface area contributed by atoms with E-state index in [1.165, 1.54) is 0 Å².